The van der Waals surface area contributed by atoms with Crippen LogP contribution < -0.4 is 0 Å². The molecule has 0 unspecified atom stereocenters. The van der Waals surface area contributed by atoms with Crippen LogP contribution in [0.5, 0.6) is 0 Å². The molecule has 0 amide bonds. The van der Waals surface area contributed by atoms with Gasteiger partial charge in [0.05, 0.1) is 26.6 Å². The number of nitrogens with zero attached hydrogens (tertiary/aromatic N) is 3. The summed E-state index contributed by atoms with van der Waals surface area (Å²) in [6, 6.07) is 10.9. The first-order valence-electron chi connectivity index (χ1n) is 6.33. The molecule has 0 atom stereocenters. The van der Waals surface area contributed by atoms with Gasteiger partial charge in [-0.25, -0.2) is 0 Å². The average molecular weight is 373 g/mol. The van der Waals surface area contributed by atoms with Crippen LogP contribution in [0.4, 0.5) is 0 Å². The lowest BCUT2D eigenvalue weighted by Crippen LogP contribution is -2.02. The van der Waals surface area contributed by atoms with Crippen molar-refractivity contribution in [1.82, 2.24) is 14.8 Å². The molecule has 0 fully saturated rings. The van der Waals surface area contributed by atoms with E-state index >= 15 is 0 Å². The van der Waals surface area contributed by atoms with Crippen LogP contribution in [-0.4, -0.2) is 14.8 Å². The maximum atomic E-state index is 6.26. The van der Waals surface area contributed by atoms with Crippen molar-refractivity contribution in [3.8, 4) is 11.4 Å². The van der Waals surface area contributed by atoms with Gasteiger partial charge < -0.3 is 4.57 Å². The Hall–Kier alpha value is -1.26. The van der Waals surface area contributed by atoms with E-state index in [1.807, 2.05) is 28.8 Å². The lowest BCUT2D eigenvalue weighted by Gasteiger charge is -2.10. The first-order chi connectivity index (χ1) is 10.6. The van der Waals surface area contributed by atoms with Crippen LogP contribution >= 0.6 is 46.4 Å². The number of hydrogen-bond acceptors (Lipinski definition) is 2. The Labute approximate surface area is 147 Å². The van der Waals surface area contributed by atoms with Crippen molar-refractivity contribution in [2.24, 2.45) is 0 Å². The summed E-state index contributed by atoms with van der Waals surface area (Å²) < 4.78 is 1.84. The smallest absolute Gasteiger partial charge is 0.165 e. The zero-order valence-corrected chi connectivity index (χ0v) is 14.1. The predicted octanol–water partition coefficient (Wildman–Crippen LogP) is 5.61. The molecule has 0 aliphatic heterocycles. The van der Waals surface area contributed by atoms with E-state index in [-0.39, 0.29) is 0 Å². The van der Waals surface area contributed by atoms with E-state index in [0.717, 1.165) is 5.56 Å². The number of aromatic nitrogens is 3. The van der Waals surface area contributed by atoms with E-state index < -0.39 is 0 Å². The highest BCUT2D eigenvalue weighted by molar-refractivity contribution is 6.43. The molecule has 0 saturated carbocycles. The number of benzene rings is 2. The van der Waals surface area contributed by atoms with Crippen LogP contribution in [0.1, 0.15) is 5.56 Å². The molecule has 3 aromatic rings. The molecule has 0 aliphatic carbocycles. The molecule has 3 nitrogen and oxygen atoms in total. The normalized spacial score (nSPS) is 10.9. The molecule has 0 bridgehead atoms. The Bertz CT molecular complexity index is 829. The van der Waals surface area contributed by atoms with Crippen molar-refractivity contribution in [3.63, 3.8) is 0 Å². The topological polar surface area (TPSA) is 30.7 Å². The lowest BCUT2D eigenvalue weighted by molar-refractivity contribution is 0.803. The summed E-state index contributed by atoms with van der Waals surface area (Å²) in [5.74, 6) is 0.614. The minimum absolute atomic E-state index is 0.440. The van der Waals surface area contributed by atoms with Crippen LogP contribution in [-0.2, 0) is 6.54 Å². The maximum absolute atomic E-state index is 6.26. The third-order valence-corrected chi connectivity index (χ3v) is 4.86. The van der Waals surface area contributed by atoms with E-state index in [1.54, 1.807) is 18.5 Å². The van der Waals surface area contributed by atoms with Gasteiger partial charge >= 0.3 is 0 Å². The minimum atomic E-state index is 0.440. The summed E-state index contributed by atoms with van der Waals surface area (Å²) in [6.45, 7) is 0.477. The molecular weight excluding hydrogens is 364 g/mol. The van der Waals surface area contributed by atoms with Gasteiger partial charge in [-0.3, -0.25) is 0 Å². The second-order valence-electron chi connectivity index (χ2n) is 4.60. The zero-order valence-electron chi connectivity index (χ0n) is 11.1. The zero-order chi connectivity index (χ0) is 15.7. The van der Waals surface area contributed by atoms with E-state index in [0.29, 0.717) is 38.0 Å². The van der Waals surface area contributed by atoms with E-state index in [2.05, 4.69) is 10.2 Å². The summed E-state index contributed by atoms with van der Waals surface area (Å²) >= 11 is 24.6. The van der Waals surface area contributed by atoms with Crippen LogP contribution in [0, 0.1) is 0 Å². The predicted molar refractivity (Wildman–Crippen MR) is 91.0 cm³/mol. The molecule has 0 N–H and O–H groups in total. The Morgan fingerprint density at radius 1 is 0.864 bits per heavy atom. The van der Waals surface area contributed by atoms with Crippen LogP contribution in [0.25, 0.3) is 11.4 Å². The lowest BCUT2D eigenvalue weighted by atomic mass is 10.2. The highest BCUT2D eigenvalue weighted by Crippen LogP contribution is 2.33. The van der Waals surface area contributed by atoms with Crippen molar-refractivity contribution in [3.05, 3.63) is 68.4 Å². The molecule has 2 aromatic carbocycles. The summed E-state index contributed by atoms with van der Waals surface area (Å²) in [7, 11) is 0. The van der Waals surface area contributed by atoms with Gasteiger partial charge in [0, 0.05) is 5.56 Å². The molecule has 0 radical (unpaired) electrons. The van der Waals surface area contributed by atoms with Crippen molar-refractivity contribution in [1.29, 1.82) is 0 Å². The second-order valence-corrected chi connectivity index (χ2v) is 6.17. The molecule has 112 valence electrons. The van der Waals surface area contributed by atoms with Gasteiger partial charge in [0.25, 0.3) is 0 Å². The van der Waals surface area contributed by atoms with Gasteiger partial charge in [0.1, 0.15) is 6.33 Å². The Kier molecular flexibility index (Phi) is 4.59. The van der Waals surface area contributed by atoms with Crippen LogP contribution in [0.15, 0.2) is 42.7 Å². The quantitative estimate of drug-likeness (QED) is 0.598. The summed E-state index contributed by atoms with van der Waals surface area (Å²) in [5.41, 5.74) is 1.58. The molecule has 0 saturated heterocycles. The number of halogens is 4. The Balaban J connectivity index is 2.03. The van der Waals surface area contributed by atoms with Crippen LogP contribution in [0.2, 0.25) is 20.1 Å². The monoisotopic (exact) mass is 371 g/mol. The van der Waals surface area contributed by atoms with Crippen molar-refractivity contribution in [2.75, 3.05) is 0 Å². The highest BCUT2D eigenvalue weighted by atomic mass is 35.5. The van der Waals surface area contributed by atoms with E-state index in [9.17, 15) is 0 Å². The van der Waals surface area contributed by atoms with E-state index in [4.69, 9.17) is 46.4 Å². The first kappa shape index (κ1) is 15.6. The second kappa shape index (κ2) is 6.47. The van der Waals surface area contributed by atoms with Gasteiger partial charge in [-0.2, -0.15) is 0 Å². The van der Waals surface area contributed by atoms with Gasteiger partial charge in [0.15, 0.2) is 5.82 Å². The summed E-state index contributed by atoms with van der Waals surface area (Å²) in [5, 5.41) is 10.0. The van der Waals surface area contributed by atoms with Crippen molar-refractivity contribution in [2.45, 2.75) is 6.54 Å². The maximum Gasteiger partial charge on any atom is 0.165 e. The van der Waals surface area contributed by atoms with Crippen molar-refractivity contribution < 1.29 is 0 Å². The van der Waals surface area contributed by atoms with Gasteiger partial charge in [0.2, 0.25) is 0 Å². The third kappa shape index (κ3) is 2.95. The fourth-order valence-corrected chi connectivity index (χ4v) is 2.87. The molecule has 1 heterocycles. The standard InChI is InChI=1S/C15H9Cl4N3/c16-11-5-1-3-9(13(11)18)7-22-8-20-21-15(22)10-4-2-6-12(17)14(10)19/h1-6,8H,7H2. The molecule has 3 rings (SSSR count). The first-order valence-corrected chi connectivity index (χ1v) is 7.84. The van der Waals surface area contributed by atoms with Gasteiger partial charge in [-0.15, -0.1) is 10.2 Å². The summed E-state index contributed by atoms with van der Waals surface area (Å²) in [4.78, 5) is 0. The van der Waals surface area contributed by atoms with Crippen LogP contribution in [0.3, 0.4) is 0 Å². The summed E-state index contributed by atoms with van der Waals surface area (Å²) in [6.07, 6.45) is 1.61. The fraction of sp³-hybridized carbons (Fsp3) is 0.0667. The largest absolute Gasteiger partial charge is 0.309 e. The molecule has 0 aliphatic rings. The fourth-order valence-electron chi connectivity index (χ4n) is 2.11. The third-order valence-electron chi connectivity index (χ3n) is 3.18. The Morgan fingerprint density at radius 3 is 2.32 bits per heavy atom. The molecular formula is C15H9Cl4N3. The van der Waals surface area contributed by atoms with E-state index in [1.165, 1.54) is 0 Å². The highest BCUT2D eigenvalue weighted by Gasteiger charge is 2.14. The molecule has 7 heteroatoms. The minimum Gasteiger partial charge on any atom is -0.309 e. The number of rotatable bonds is 3. The molecule has 1 aromatic heterocycles. The SMILES string of the molecule is Clc1cccc(Cn2cnnc2-c2cccc(Cl)c2Cl)c1Cl. The Morgan fingerprint density at radius 2 is 1.55 bits per heavy atom. The number of hydrogen-bond donors (Lipinski definition) is 0. The van der Waals surface area contributed by atoms with Gasteiger partial charge in [-0.05, 0) is 23.8 Å². The van der Waals surface area contributed by atoms with Crippen molar-refractivity contribution >= 4 is 46.4 Å². The molecule has 0 spiro atoms. The average Bonchev–Trinajstić information content (AvgIpc) is 2.95. The molecule has 22 heavy (non-hydrogen) atoms. The van der Waals surface area contributed by atoms with Gasteiger partial charge in [-0.1, -0.05) is 64.6 Å².